The van der Waals surface area contributed by atoms with Crippen molar-refractivity contribution in [1.82, 2.24) is 5.32 Å². The first-order valence-electron chi connectivity index (χ1n) is 7.71. The molecule has 0 radical (unpaired) electrons. The van der Waals surface area contributed by atoms with Gasteiger partial charge in [0.15, 0.2) is 0 Å². The third-order valence-corrected chi connectivity index (χ3v) is 4.08. The van der Waals surface area contributed by atoms with Crippen LogP contribution in [0.2, 0.25) is 0 Å². The van der Waals surface area contributed by atoms with E-state index in [1.807, 2.05) is 18.2 Å². The molecule has 20 heavy (non-hydrogen) atoms. The molecule has 0 saturated carbocycles. The fourth-order valence-electron chi connectivity index (χ4n) is 2.85. The maximum Gasteiger partial charge on any atom is 0.0612 e. The first-order valence-corrected chi connectivity index (χ1v) is 7.71. The molecule has 3 nitrogen and oxygen atoms in total. The number of aliphatic hydroxyl groups is 1. The topological polar surface area (TPSA) is 41.5 Å². The Morgan fingerprint density at radius 1 is 1.30 bits per heavy atom. The highest BCUT2D eigenvalue weighted by atomic mass is 16.5. The van der Waals surface area contributed by atoms with Crippen molar-refractivity contribution in [2.24, 2.45) is 5.92 Å². The lowest BCUT2D eigenvalue weighted by atomic mass is 9.94. The maximum atomic E-state index is 9.60. The van der Waals surface area contributed by atoms with Crippen LogP contribution in [-0.2, 0) is 11.2 Å². The Kier molecular flexibility index (Phi) is 6.02. The molecule has 2 N–H and O–H groups in total. The van der Waals surface area contributed by atoms with Crippen LogP contribution in [0.4, 0.5) is 0 Å². The number of nitrogens with one attached hydrogen (secondary N) is 1. The summed E-state index contributed by atoms with van der Waals surface area (Å²) in [7, 11) is 0. The zero-order chi connectivity index (χ0) is 14.4. The minimum Gasteiger partial charge on any atom is -0.395 e. The average molecular weight is 277 g/mol. The minimum absolute atomic E-state index is 0.133. The van der Waals surface area contributed by atoms with Gasteiger partial charge in [-0.15, -0.1) is 0 Å². The summed E-state index contributed by atoms with van der Waals surface area (Å²) in [5, 5.41) is 13.2. The van der Waals surface area contributed by atoms with E-state index in [1.165, 1.54) is 5.56 Å². The number of hydrogen-bond donors (Lipinski definition) is 2. The lowest BCUT2D eigenvalue weighted by Gasteiger charge is -2.34. The maximum absolute atomic E-state index is 9.60. The van der Waals surface area contributed by atoms with Crippen LogP contribution in [0.5, 0.6) is 0 Å². The standard InChI is InChI=1S/C17H27NO2/c1-13(2)17-11-15(8-9-20-17)18-16(12-19)10-14-6-4-3-5-7-14/h3-7,13,15-19H,8-12H2,1-2H3. The van der Waals surface area contributed by atoms with E-state index in [9.17, 15) is 5.11 Å². The Bertz CT molecular complexity index is 380. The molecule has 1 aliphatic heterocycles. The van der Waals surface area contributed by atoms with Crippen LogP contribution in [0, 0.1) is 5.92 Å². The summed E-state index contributed by atoms with van der Waals surface area (Å²) >= 11 is 0. The van der Waals surface area contributed by atoms with E-state index in [1.54, 1.807) is 0 Å². The molecular formula is C17H27NO2. The fourth-order valence-corrected chi connectivity index (χ4v) is 2.85. The van der Waals surface area contributed by atoms with Crippen LogP contribution < -0.4 is 5.32 Å². The third-order valence-electron chi connectivity index (χ3n) is 4.08. The molecule has 3 atom stereocenters. The van der Waals surface area contributed by atoms with Crippen molar-refractivity contribution >= 4 is 0 Å². The van der Waals surface area contributed by atoms with Gasteiger partial charge in [0.1, 0.15) is 0 Å². The van der Waals surface area contributed by atoms with Crippen molar-refractivity contribution in [2.75, 3.05) is 13.2 Å². The highest BCUT2D eigenvalue weighted by Crippen LogP contribution is 2.20. The average Bonchev–Trinajstić information content (AvgIpc) is 2.48. The van der Waals surface area contributed by atoms with Gasteiger partial charge in [-0.2, -0.15) is 0 Å². The molecule has 0 aromatic heterocycles. The van der Waals surface area contributed by atoms with Crippen LogP contribution in [0.1, 0.15) is 32.3 Å². The zero-order valence-corrected chi connectivity index (χ0v) is 12.6. The molecule has 2 rings (SSSR count). The molecule has 112 valence electrons. The lowest BCUT2D eigenvalue weighted by Crippen LogP contribution is -2.47. The van der Waals surface area contributed by atoms with Crippen LogP contribution in [0.25, 0.3) is 0 Å². The predicted octanol–water partition coefficient (Wildman–Crippen LogP) is 2.38. The molecule has 1 aromatic rings. The van der Waals surface area contributed by atoms with E-state index in [4.69, 9.17) is 4.74 Å². The van der Waals surface area contributed by atoms with E-state index in [-0.39, 0.29) is 12.6 Å². The Hall–Kier alpha value is -0.900. The van der Waals surface area contributed by atoms with Crippen molar-refractivity contribution in [1.29, 1.82) is 0 Å². The molecule has 1 aromatic carbocycles. The Morgan fingerprint density at radius 3 is 2.70 bits per heavy atom. The molecule has 0 aliphatic carbocycles. The Labute approximate surface area is 122 Å². The second-order valence-electron chi connectivity index (χ2n) is 6.11. The largest absolute Gasteiger partial charge is 0.395 e. The van der Waals surface area contributed by atoms with E-state index in [0.717, 1.165) is 25.9 Å². The van der Waals surface area contributed by atoms with Gasteiger partial charge in [0.25, 0.3) is 0 Å². The Morgan fingerprint density at radius 2 is 2.05 bits per heavy atom. The van der Waals surface area contributed by atoms with Gasteiger partial charge in [-0.1, -0.05) is 44.2 Å². The van der Waals surface area contributed by atoms with E-state index in [2.05, 4.69) is 31.3 Å². The second kappa shape index (κ2) is 7.77. The van der Waals surface area contributed by atoms with Gasteiger partial charge in [-0.25, -0.2) is 0 Å². The quantitative estimate of drug-likeness (QED) is 0.839. The first-order chi connectivity index (χ1) is 9.69. The summed E-state index contributed by atoms with van der Waals surface area (Å²) in [5.74, 6) is 0.557. The smallest absolute Gasteiger partial charge is 0.0612 e. The summed E-state index contributed by atoms with van der Waals surface area (Å²) in [5.41, 5.74) is 1.27. The van der Waals surface area contributed by atoms with Gasteiger partial charge >= 0.3 is 0 Å². The summed E-state index contributed by atoms with van der Waals surface area (Å²) in [6.07, 6.45) is 3.30. The van der Waals surface area contributed by atoms with Crippen molar-refractivity contribution in [3.8, 4) is 0 Å². The number of aliphatic hydroxyl groups excluding tert-OH is 1. The van der Waals surface area contributed by atoms with Gasteiger partial charge in [0.2, 0.25) is 0 Å². The fraction of sp³-hybridized carbons (Fsp3) is 0.647. The monoisotopic (exact) mass is 277 g/mol. The van der Waals surface area contributed by atoms with Gasteiger partial charge in [-0.05, 0) is 30.7 Å². The summed E-state index contributed by atoms with van der Waals surface area (Å²) in [4.78, 5) is 0. The van der Waals surface area contributed by atoms with Gasteiger partial charge < -0.3 is 15.2 Å². The number of hydrogen-bond acceptors (Lipinski definition) is 3. The normalized spacial score (nSPS) is 24.8. The molecule has 3 unspecified atom stereocenters. The molecule has 1 fully saturated rings. The van der Waals surface area contributed by atoms with E-state index < -0.39 is 0 Å². The van der Waals surface area contributed by atoms with Crippen LogP contribution in [0.15, 0.2) is 30.3 Å². The van der Waals surface area contributed by atoms with Crippen molar-refractivity contribution in [3.05, 3.63) is 35.9 Å². The van der Waals surface area contributed by atoms with Gasteiger partial charge in [-0.3, -0.25) is 0 Å². The predicted molar refractivity (Wildman–Crippen MR) is 81.8 cm³/mol. The van der Waals surface area contributed by atoms with Crippen molar-refractivity contribution < 1.29 is 9.84 Å². The molecule has 1 saturated heterocycles. The third kappa shape index (κ3) is 4.58. The molecule has 0 amide bonds. The van der Waals surface area contributed by atoms with E-state index in [0.29, 0.717) is 18.1 Å². The number of benzene rings is 1. The van der Waals surface area contributed by atoms with Gasteiger partial charge in [0.05, 0.1) is 12.7 Å². The van der Waals surface area contributed by atoms with Crippen LogP contribution >= 0.6 is 0 Å². The van der Waals surface area contributed by atoms with Crippen LogP contribution in [0.3, 0.4) is 0 Å². The molecule has 0 spiro atoms. The lowest BCUT2D eigenvalue weighted by molar-refractivity contribution is -0.0268. The zero-order valence-electron chi connectivity index (χ0n) is 12.6. The van der Waals surface area contributed by atoms with E-state index >= 15 is 0 Å². The molecule has 1 aliphatic rings. The highest BCUT2D eigenvalue weighted by Gasteiger charge is 2.26. The first kappa shape index (κ1) is 15.5. The summed E-state index contributed by atoms with van der Waals surface area (Å²) in [6, 6.07) is 10.9. The molecule has 0 bridgehead atoms. The SMILES string of the molecule is CC(C)C1CC(NC(CO)Cc2ccccc2)CCO1. The van der Waals surface area contributed by atoms with Gasteiger partial charge in [0, 0.05) is 18.7 Å². The molecule has 3 heteroatoms. The molecule has 1 heterocycles. The summed E-state index contributed by atoms with van der Waals surface area (Å²) < 4.78 is 5.80. The number of rotatable bonds is 6. The van der Waals surface area contributed by atoms with Crippen molar-refractivity contribution in [3.63, 3.8) is 0 Å². The number of ether oxygens (including phenoxy) is 1. The van der Waals surface area contributed by atoms with Crippen molar-refractivity contribution in [2.45, 2.75) is 51.3 Å². The second-order valence-corrected chi connectivity index (χ2v) is 6.11. The highest BCUT2D eigenvalue weighted by molar-refractivity contribution is 5.16. The molecular weight excluding hydrogens is 250 g/mol. The summed E-state index contributed by atoms with van der Waals surface area (Å²) in [6.45, 7) is 5.42. The Balaban J connectivity index is 1.86. The minimum atomic E-state index is 0.133. The van der Waals surface area contributed by atoms with Crippen LogP contribution in [-0.4, -0.2) is 36.5 Å².